The summed E-state index contributed by atoms with van der Waals surface area (Å²) in [7, 11) is 0. The lowest BCUT2D eigenvalue weighted by Gasteiger charge is -2.31. The van der Waals surface area contributed by atoms with Gasteiger partial charge in [-0.15, -0.1) is 0 Å². The number of aliphatic hydroxyl groups excluding tert-OH is 1. The van der Waals surface area contributed by atoms with E-state index in [0.717, 1.165) is 6.07 Å². The van der Waals surface area contributed by atoms with Crippen LogP contribution in [0.5, 0.6) is 0 Å². The molecule has 0 atom stereocenters. The van der Waals surface area contributed by atoms with Crippen molar-refractivity contribution in [3.05, 3.63) is 59.4 Å². The molecule has 2 heterocycles. The average Bonchev–Trinajstić information content (AvgIpc) is 2.61. The molecule has 1 fully saturated rings. The Labute approximate surface area is 144 Å². The molecule has 1 aromatic heterocycles. The second-order valence-corrected chi connectivity index (χ2v) is 6.03. The second-order valence-electron chi connectivity index (χ2n) is 6.03. The highest BCUT2D eigenvalue weighted by molar-refractivity contribution is 5.92. The van der Waals surface area contributed by atoms with Gasteiger partial charge in [0.05, 0.1) is 11.8 Å². The van der Waals surface area contributed by atoms with Gasteiger partial charge < -0.3 is 15.3 Å². The maximum atomic E-state index is 14.4. The first kappa shape index (κ1) is 17.3. The zero-order chi connectivity index (χ0) is 17.8. The first-order valence-electron chi connectivity index (χ1n) is 8.15. The maximum Gasteiger partial charge on any atom is 0.270 e. The average molecular weight is 347 g/mol. The number of nitrogens with zero attached hydrogens (tertiary/aromatic N) is 2. The molecule has 0 bridgehead atoms. The maximum absolute atomic E-state index is 14.4. The van der Waals surface area contributed by atoms with Crippen molar-refractivity contribution < 1.29 is 18.7 Å². The largest absolute Gasteiger partial charge is 0.393 e. The Hall–Kier alpha value is -2.54. The highest BCUT2D eigenvalue weighted by Crippen LogP contribution is 2.24. The molecule has 0 radical (unpaired) electrons. The number of benzene rings is 1. The summed E-state index contributed by atoms with van der Waals surface area (Å²) in [5.41, 5.74) is 1.07. The molecule has 1 amide bonds. The minimum absolute atomic E-state index is 0.0241. The molecule has 1 aliphatic heterocycles. The highest BCUT2D eigenvalue weighted by Gasteiger charge is 2.19. The lowest BCUT2D eigenvalue weighted by molar-refractivity contribution is 0.0944. The van der Waals surface area contributed by atoms with Gasteiger partial charge in [-0.1, -0.05) is 12.1 Å². The molecular formula is C18H19F2N3O2. The number of hydrogen-bond donors (Lipinski definition) is 2. The molecule has 5 nitrogen and oxygen atoms in total. The Morgan fingerprint density at radius 2 is 2.00 bits per heavy atom. The number of rotatable bonds is 4. The van der Waals surface area contributed by atoms with Crippen molar-refractivity contribution in [1.82, 2.24) is 10.3 Å². The van der Waals surface area contributed by atoms with Gasteiger partial charge >= 0.3 is 0 Å². The van der Waals surface area contributed by atoms with Crippen molar-refractivity contribution in [1.29, 1.82) is 0 Å². The second kappa shape index (κ2) is 7.57. The summed E-state index contributed by atoms with van der Waals surface area (Å²) < 4.78 is 27.4. The van der Waals surface area contributed by atoms with E-state index in [1.165, 1.54) is 18.2 Å². The lowest BCUT2D eigenvalue weighted by Crippen LogP contribution is -2.36. The molecule has 1 aliphatic rings. The fourth-order valence-electron chi connectivity index (χ4n) is 2.83. The van der Waals surface area contributed by atoms with Crippen LogP contribution in [0.15, 0.2) is 36.4 Å². The van der Waals surface area contributed by atoms with E-state index in [0.29, 0.717) is 37.2 Å². The fraction of sp³-hybridized carbons (Fsp3) is 0.333. The molecule has 0 aliphatic carbocycles. The number of aliphatic hydroxyl groups is 1. The minimum Gasteiger partial charge on any atom is -0.393 e. The molecule has 2 aromatic rings. The molecule has 7 heteroatoms. The number of amides is 1. The van der Waals surface area contributed by atoms with Crippen molar-refractivity contribution in [3.8, 4) is 0 Å². The molecule has 0 saturated carbocycles. The van der Waals surface area contributed by atoms with E-state index in [1.54, 1.807) is 12.1 Å². The number of carbonyl (C=O) groups is 1. The van der Waals surface area contributed by atoms with Crippen LogP contribution in [0.4, 0.5) is 14.5 Å². The number of carbonyl (C=O) groups excluding carboxylic acids is 1. The predicted octanol–water partition coefficient (Wildman–Crippen LogP) is 2.25. The van der Waals surface area contributed by atoms with Crippen LogP contribution in [-0.4, -0.2) is 35.2 Å². The predicted molar refractivity (Wildman–Crippen MR) is 89.2 cm³/mol. The van der Waals surface area contributed by atoms with Crippen molar-refractivity contribution in [3.63, 3.8) is 0 Å². The van der Waals surface area contributed by atoms with E-state index in [4.69, 9.17) is 0 Å². The van der Waals surface area contributed by atoms with Gasteiger partial charge in [0.1, 0.15) is 11.5 Å². The van der Waals surface area contributed by atoms with E-state index >= 15 is 0 Å². The molecule has 1 saturated heterocycles. The molecule has 2 N–H and O–H groups in total. The van der Waals surface area contributed by atoms with Crippen molar-refractivity contribution in [2.24, 2.45) is 0 Å². The van der Waals surface area contributed by atoms with Gasteiger partial charge in [-0.25, -0.2) is 9.37 Å². The first-order chi connectivity index (χ1) is 12.0. The minimum atomic E-state index is -0.727. The van der Waals surface area contributed by atoms with Crippen molar-refractivity contribution in [2.75, 3.05) is 18.0 Å². The van der Waals surface area contributed by atoms with Gasteiger partial charge in [0.15, 0.2) is 0 Å². The van der Waals surface area contributed by atoms with Gasteiger partial charge in [0.25, 0.3) is 5.91 Å². The standard InChI is InChI=1S/C18H19F2N3O2/c19-14-10-12(4-5-16(14)23-8-6-13(24)7-9-23)11-21-18(25)15-2-1-3-17(20)22-15/h1-5,10,13,24H,6-9,11H2,(H,21,25). The van der Waals surface area contributed by atoms with E-state index in [-0.39, 0.29) is 24.2 Å². The lowest BCUT2D eigenvalue weighted by atomic mass is 10.1. The van der Waals surface area contributed by atoms with Crippen LogP contribution < -0.4 is 10.2 Å². The van der Waals surface area contributed by atoms with Gasteiger partial charge in [0.2, 0.25) is 5.95 Å². The first-order valence-corrected chi connectivity index (χ1v) is 8.15. The van der Waals surface area contributed by atoms with Crippen LogP contribution in [0, 0.1) is 11.8 Å². The molecule has 3 rings (SSSR count). The van der Waals surface area contributed by atoms with Crippen LogP contribution >= 0.6 is 0 Å². The third kappa shape index (κ3) is 4.30. The number of hydrogen-bond acceptors (Lipinski definition) is 4. The quantitative estimate of drug-likeness (QED) is 0.833. The van der Waals surface area contributed by atoms with Gasteiger partial charge in [-0.2, -0.15) is 4.39 Å². The molecule has 132 valence electrons. The number of pyridine rings is 1. The highest BCUT2D eigenvalue weighted by atomic mass is 19.1. The third-order valence-corrected chi connectivity index (χ3v) is 4.22. The fourth-order valence-corrected chi connectivity index (χ4v) is 2.83. The van der Waals surface area contributed by atoms with Gasteiger partial charge in [0, 0.05) is 19.6 Å². The topological polar surface area (TPSA) is 65.5 Å². The van der Waals surface area contributed by atoms with Crippen LogP contribution in [0.3, 0.4) is 0 Å². The van der Waals surface area contributed by atoms with Crippen LogP contribution in [-0.2, 0) is 6.54 Å². The van der Waals surface area contributed by atoms with Crippen molar-refractivity contribution in [2.45, 2.75) is 25.5 Å². The number of piperidine rings is 1. The monoisotopic (exact) mass is 347 g/mol. The smallest absolute Gasteiger partial charge is 0.270 e. The molecule has 25 heavy (non-hydrogen) atoms. The van der Waals surface area contributed by atoms with E-state index in [2.05, 4.69) is 10.3 Å². The summed E-state index contributed by atoms with van der Waals surface area (Å²) in [6.07, 6.45) is 0.931. The SMILES string of the molecule is O=C(NCc1ccc(N2CCC(O)CC2)c(F)c1)c1cccc(F)n1. The number of halogens is 2. The Balaban J connectivity index is 1.62. The number of aromatic nitrogens is 1. The molecule has 0 spiro atoms. The van der Waals surface area contributed by atoms with Crippen LogP contribution in [0.1, 0.15) is 28.9 Å². The Kier molecular flexibility index (Phi) is 5.23. The third-order valence-electron chi connectivity index (χ3n) is 4.22. The summed E-state index contributed by atoms with van der Waals surface area (Å²) in [5.74, 6) is -1.62. The van der Waals surface area contributed by atoms with Gasteiger partial charge in [-0.3, -0.25) is 4.79 Å². The Morgan fingerprint density at radius 3 is 2.68 bits per heavy atom. The Bertz CT molecular complexity index is 762. The summed E-state index contributed by atoms with van der Waals surface area (Å²) in [6, 6.07) is 8.76. The van der Waals surface area contributed by atoms with Crippen molar-refractivity contribution >= 4 is 11.6 Å². The summed E-state index contributed by atoms with van der Waals surface area (Å²) in [5, 5.41) is 12.1. The summed E-state index contributed by atoms with van der Waals surface area (Å²) in [6.45, 7) is 1.34. The van der Waals surface area contributed by atoms with E-state index < -0.39 is 11.9 Å². The summed E-state index contributed by atoms with van der Waals surface area (Å²) >= 11 is 0. The van der Waals surface area contributed by atoms with Crippen LogP contribution in [0.2, 0.25) is 0 Å². The molecule has 1 aromatic carbocycles. The van der Waals surface area contributed by atoms with E-state index in [1.807, 2.05) is 4.90 Å². The zero-order valence-corrected chi connectivity index (χ0v) is 13.6. The van der Waals surface area contributed by atoms with E-state index in [9.17, 15) is 18.7 Å². The summed E-state index contributed by atoms with van der Waals surface area (Å²) in [4.78, 5) is 17.3. The number of nitrogens with one attached hydrogen (secondary N) is 1. The number of anilines is 1. The zero-order valence-electron chi connectivity index (χ0n) is 13.6. The van der Waals surface area contributed by atoms with Gasteiger partial charge in [-0.05, 0) is 42.7 Å². The van der Waals surface area contributed by atoms with Crippen LogP contribution in [0.25, 0.3) is 0 Å². The molecular weight excluding hydrogens is 328 g/mol. The normalized spacial score (nSPS) is 15.2. The Morgan fingerprint density at radius 1 is 1.24 bits per heavy atom. The molecule has 0 unspecified atom stereocenters.